The number of hydrogen-bond donors (Lipinski definition) is 1. The van der Waals surface area contributed by atoms with Gasteiger partial charge in [-0.2, -0.15) is 0 Å². The molecule has 0 aliphatic heterocycles. The predicted molar refractivity (Wildman–Crippen MR) is 94.0 cm³/mol. The summed E-state index contributed by atoms with van der Waals surface area (Å²) in [5.74, 6) is 0.0556. The van der Waals surface area contributed by atoms with Crippen molar-refractivity contribution in [1.82, 2.24) is 9.88 Å². The van der Waals surface area contributed by atoms with E-state index in [0.717, 1.165) is 37.8 Å². The fourth-order valence-electron chi connectivity index (χ4n) is 3.85. The van der Waals surface area contributed by atoms with Gasteiger partial charge in [0, 0.05) is 36.5 Å². The summed E-state index contributed by atoms with van der Waals surface area (Å²) in [5, 5.41) is 10.6. The summed E-state index contributed by atoms with van der Waals surface area (Å²) in [7, 11) is 1.76. The molecular weight excluding hydrogens is 319 g/mol. The highest BCUT2D eigenvalue weighted by atomic mass is 19.1. The number of aliphatic hydroxyl groups excluding tert-OH is 1. The second-order valence-corrected chi connectivity index (χ2v) is 7.47. The van der Waals surface area contributed by atoms with Crippen LogP contribution in [0.4, 0.5) is 4.39 Å². The lowest BCUT2D eigenvalue weighted by molar-refractivity contribution is 0.0695. The van der Waals surface area contributed by atoms with Gasteiger partial charge >= 0.3 is 0 Å². The zero-order valence-electron chi connectivity index (χ0n) is 14.4. The highest BCUT2D eigenvalue weighted by molar-refractivity contribution is 6.06. The number of amides is 1. The number of nitrogens with zero attached hydrogens (tertiary/aromatic N) is 2. The van der Waals surface area contributed by atoms with E-state index >= 15 is 0 Å². The molecule has 1 aromatic carbocycles. The summed E-state index contributed by atoms with van der Waals surface area (Å²) >= 11 is 0. The van der Waals surface area contributed by atoms with E-state index in [-0.39, 0.29) is 23.7 Å². The molecule has 2 aromatic rings. The average molecular weight is 342 g/mol. The smallest absolute Gasteiger partial charge is 0.254 e. The third-order valence-electron chi connectivity index (χ3n) is 5.49. The molecule has 1 aromatic heterocycles. The van der Waals surface area contributed by atoms with Crippen LogP contribution in [0.1, 0.15) is 54.1 Å². The number of carbonyl (C=O) groups excluding carboxylic acids is 1. The maximum absolute atomic E-state index is 13.7. The molecule has 5 heteroatoms. The first-order valence-electron chi connectivity index (χ1n) is 9.06. The van der Waals surface area contributed by atoms with Gasteiger partial charge in [0.2, 0.25) is 0 Å². The number of benzene rings is 1. The number of pyridine rings is 1. The topological polar surface area (TPSA) is 53.4 Å². The van der Waals surface area contributed by atoms with Crippen molar-refractivity contribution in [3.05, 3.63) is 41.3 Å². The monoisotopic (exact) mass is 342 g/mol. The van der Waals surface area contributed by atoms with Crippen molar-refractivity contribution >= 4 is 16.8 Å². The van der Waals surface area contributed by atoms with Crippen LogP contribution in [0.5, 0.6) is 0 Å². The van der Waals surface area contributed by atoms with E-state index in [1.807, 2.05) is 6.07 Å². The zero-order valence-corrected chi connectivity index (χ0v) is 14.4. The summed E-state index contributed by atoms with van der Waals surface area (Å²) in [6.45, 7) is 0.526. The van der Waals surface area contributed by atoms with Crippen molar-refractivity contribution in [3.8, 4) is 0 Å². The minimum atomic E-state index is -0.364. The molecule has 4 rings (SSSR count). The Balaban J connectivity index is 1.68. The molecular formula is C20H23FN2O2. The molecule has 2 fully saturated rings. The lowest BCUT2D eigenvalue weighted by atomic mass is 10.0. The largest absolute Gasteiger partial charge is 0.393 e. The molecule has 2 unspecified atom stereocenters. The van der Waals surface area contributed by atoms with Gasteiger partial charge in [-0.05, 0) is 49.9 Å². The molecule has 4 nitrogen and oxygen atoms in total. The van der Waals surface area contributed by atoms with Gasteiger partial charge in [-0.25, -0.2) is 4.39 Å². The summed E-state index contributed by atoms with van der Waals surface area (Å²) in [4.78, 5) is 19.3. The summed E-state index contributed by atoms with van der Waals surface area (Å²) in [5.41, 5.74) is 2.11. The van der Waals surface area contributed by atoms with Crippen molar-refractivity contribution in [2.24, 2.45) is 5.92 Å². The van der Waals surface area contributed by atoms with Crippen molar-refractivity contribution in [2.75, 3.05) is 13.6 Å². The first kappa shape index (κ1) is 16.5. The fraction of sp³-hybridized carbons (Fsp3) is 0.500. The van der Waals surface area contributed by atoms with Crippen LogP contribution in [-0.2, 0) is 0 Å². The van der Waals surface area contributed by atoms with Gasteiger partial charge in [0.25, 0.3) is 5.91 Å². The Morgan fingerprint density at radius 1 is 1.28 bits per heavy atom. The summed E-state index contributed by atoms with van der Waals surface area (Å²) < 4.78 is 13.7. The molecule has 1 N–H and O–H groups in total. The average Bonchev–Trinajstić information content (AvgIpc) is 3.37. The summed E-state index contributed by atoms with van der Waals surface area (Å²) in [6.07, 6.45) is 4.61. The minimum Gasteiger partial charge on any atom is -0.393 e. The Morgan fingerprint density at radius 3 is 2.76 bits per heavy atom. The molecule has 1 amide bonds. The molecule has 0 radical (unpaired) electrons. The zero-order chi connectivity index (χ0) is 17.6. The third kappa shape index (κ3) is 3.25. The van der Waals surface area contributed by atoms with Gasteiger partial charge in [-0.3, -0.25) is 9.78 Å². The van der Waals surface area contributed by atoms with Gasteiger partial charge in [-0.15, -0.1) is 0 Å². The molecule has 2 aliphatic carbocycles. The number of fused-ring (bicyclic) bond motifs is 1. The molecule has 0 bridgehead atoms. The predicted octanol–water partition coefficient (Wildman–Crippen LogP) is 3.48. The van der Waals surface area contributed by atoms with Gasteiger partial charge in [0.1, 0.15) is 5.82 Å². The van der Waals surface area contributed by atoms with E-state index < -0.39 is 0 Å². The van der Waals surface area contributed by atoms with Crippen LogP contribution in [0.2, 0.25) is 0 Å². The Morgan fingerprint density at radius 2 is 2.08 bits per heavy atom. The van der Waals surface area contributed by atoms with Crippen LogP contribution in [0.25, 0.3) is 10.9 Å². The molecule has 0 spiro atoms. The Hall–Kier alpha value is -2.01. The Bertz CT molecular complexity index is 819. The second kappa shape index (κ2) is 6.37. The van der Waals surface area contributed by atoms with Crippen molar-refractivity contribution in [2.45, 2.75) is 44.1 Å². The molecule has 25 heavy (non-hydrogen) atoms. The first-order chi connectivity index (χ1) is 12.0. The highest BCUT2D eigenvalue weighted by Gasteiger charge is 2.30. The maximum atomic E-state index is 13.7. The van der Waals surface area contributed by atoms with Crippen LogP contribution in [0, 0.1) is 11.7 Å². The van der Waals surface area contributed by atoms with Crippen LogP contribution < -0.4 is 0 Å². The number of carbonyl (C=O) groups is 1. The van der Waals surface area contributed by atoms with E-state index in [4.69, 9.17) is 0 Å². The molecule has 2 saturated carbocycles. The number of aromatic nitrogens is 1. The Labute approximate surface area is 146 Å². The van der Waals surface area contributed by atoms with Gasteiger partial charge in [0.15, 0.2) is 0 Å². The Kier molecular flexibility index (Phi) is 4.20. The van der Waals surface area contributed by atoms with Crippen LogP contribution in [0.15, 0.2) is 24.3 Å². The number of aliphatic hydroxyl groups is 1. The number of rotatable bonds is 4. The first-order valence-corrected chi connectivity index (χ1v) is 9.06. The SMILES string of the molecule is CN(CC1CCCC1O)C(=O)c1cc(C2CC2)nc2ccc(F)cc12. The van der Waals surface area contributed by atoms with Gasteiger partial charge in [0.05, 0.1) is 17.2 Å². The van der Waals surface area contributed by atoms with Crippen molar-refractivity contribution in [1.29, 1.82) is 0 Å². The minimum absolute atomic E-state index is 0.126. The van der Waals surface area contributed by atoms with Gasteiger partial charge < -0.3 is 10.0 Å². The molecule has 2 atom stereocenters. The number of halogens is 1. The van der Waals surface area contributed by atoms with E-state index in [9.17, 15) is 14.3 Å². The lowest BCUT2D eigenvalue weighted by Gasteiger charge is -2.24. The standard InChI is InChI=1S/C20H23FN2O2/c1-23(11-13-3-2-4-19(13)24)20(25)16-10-18(12-5-6-12)22-17-8-7-14(21)9-15(16)17/h7-10,12-13,19,24H,2-6,11H2,1H3. The highest BCUT2D eigenvalue weighted by Crippen LogP contribution is 2.40. The van der Waals surface area contributed by atoms with Crippen molar-refractivity contribution in [3.63, 3.8) is 0 Å². The maximum Gasteiger partial charge on any atom is 0.254 e. The van der Waals surface area contributed by atoms with E-state index in [1.54, 1.807) is 18.0 Å². The number of hydrogen-bond acceptors (Lipinski definition) is 3. The van der Waals surface area contributed by atoms with Crippen molar-refractivity contribution < 1.29 is 14.3 Å². The van der Waals surface area contributed by atoms with Gasteiger partial charge in [-0.1, -0.05) is 6.42 Å². The molecule has 0 saturated heterocycles. The van der Waals surface area contributed by atoms with Crippen LogP contribution >= 0.6 is 0 Å². The third-order valence-corrected chi connectivity index (χ3v) is 5.49. The van der Waals surface area contributed by atoms with E-state index in [0.29, 0.717) is 28.9 Å². The molecule has 2 aliphatic rings. The quantitative estimate of drug-likeness (QED) is 0.925. The molecule has 132 valence electrons. The van der Waals surface area contributed by atoms with Crippen LogP contribution in [0.3, 0.4) is 0 Å². The second-order valence-electron chi connectivity index (χ2n) is 7.47. The summed E-state index contributed by atoms with van der Waals surface area (Å²) in [6, 6.07) is 6.26. The van der Waals surface area contributed by atoms with Crippen LogP contribution in [-0.4, -0.2) is 40.6 Å². The lowest BCUT2D eigenvalue weighted by Crippen LogP contribution is -2.34. The normalized spacial score (nSPS) is 23.2. The van der Waals surface area contributed by atoms with E-state index in [1.165, 1.54) is 12.1 Å². The fourth-order valence-corrected chi connectivity index (χ4v) is 3.85. The van der Waals surface area contributed by atoms with E-state index in [2.05, 4.69) is 4.98 Å². The molecule has 1 heterocycles.